The first-order chi connectivity index (χ1) is 11.6. The number of carbonyl (C=O) groups is 1. The molecule has 124 valence electrons. The van der Waals surface area contributed by atoms with Gasteiger partial charge < -0.3 is 10.6 Å². The van der Waals surface area contributed by atoms with Crippen LogP contribution >= 0.6 is 11.3 Å². The highest BCUT2D eigenvalue weighted by molar-refractivity contribution is 7.20. The Hall–Kier alpha value is -2.18. The van der Waals surface area contributed by atoms with Crippen molar-refractivity contribution < 1.29 is 4.79 Å². The van der Waals surface area contributed by atoms with Crippen molar-refractivity contribution in [2.45, 2.75) is 25.8 Å². The number of hydrogen-bond donors (Lipinski definition) is 1. The van der Waals surface area contributed by atoms with Crippen LogP contribution in [0.1, 0.15) is 28.2 Å². The van der Waals surface area contributed by atoms with Crippen molar-refractivity contribution in [1.29, 1.82) is 0 Å². The lowest BCUT2D eigenvalue weighted by atomic mass is 10.1. The van der Waals surface area contributed by atoms with Gasteiger partial charge in [-0.05, 0) is 38.0 Å². The van der Waals surface area contributed by atoms with Gasteiger partial charge in [0.1, 0.15) is 4.83 Å². The molecule has 3 aromatic rings. The zero-order valence-corrected chi connectivity index (χ0v) is 14.4. The molecule has 2 aromatic heterocycles. The molecule has 0 unspecified atom stereocenters. The van der Waals surface area contributed by atoms with Gasteiger partial charge in [-0.3, -0.25) is 4.79 Å². The van der Waals surface area contributed by atoms with Crippen LogP contribution in [0.15, 0.2) is 36.4 Å². The summed E-state index contributed by atoms with van der Waals surface area (Å²) in [7, 11) is 0. The number of carbonyl (C=O) groups excluding carboxylic acids is 1. The summed E-state index contributed by atoms with van der Waals surface area (Å²) < 4.78 is 1.93. The minimum Gasteiger partial charge on any atom is -0.338 e. The van der Waals surface area contributed by atoms with Gasteiger partial charge in [0.25, 0.3) is 5.91 Å². The van der Waals surface area contributed by atoms with Crippen LogP contribution in [0.2, 0.25) is 0 Å². The third-order valence-electron chi connectivity index (χ3n) is 4.58. The summed E-state index contributed by atoms with van der Waals surface area (Å²) in [6.07, 6.45) is 1.76. The third-order valence-corrected chi connectivity index (χ3v) is 5.68. The molecule has 1 amide bonds. The maximum Gasteiger partial charge on any atom is 0.264 e. The van der Waals surface area contributed by atoms with Crippen molar-refractivity contribution in [1.82, 2.24) is 14.7 Å². The molecular formula is C18H20N4OS. The number of aryl methyl sites for hydroxylation is 1. The van der Waals surface area contributed by atoms with E-state index in [2.05, 4.69) is 5.10 Å². The van der Waals surface area contributed by atoms with Gasteiger partial charge in [0.2, 0.25) is 0 Å². The lowest BCUT2D eigenvalue weighted by Crippen LogP contribution is -2.42. The van der Waals surface area contributed by atoms with E-state index in [-0.39, 0.29) is 11.9 Å². The maximum atomic E-state index is 12.8. The number of aromatic nitrogens is 2. The average Bonchev–Trinajstić information content (AvgIpc) is 3.17. The first-order valence-electron chi connectivity index (χ1n) is 8.23. The van der Waals surface area contributed by atoms with Gasteiger partial charge >= 0.3 is 0 Å². The number of amides is 1. The number of rotatable bonds is 2. The summed E-state index contributed by atoms with van der Waals surface area (Å²) in [6, 6.07) is 12.2. The maximum absolute atomic E-state index is 12.8. The molecule has 24 heavy (non-hydrogen) atoms. The monoisotopic (exact) mass is 340 g/mol. The predicted octanol–water partition coefficient (Wildman–Crippen LogP) is 2.96. The SMILES string of the molecule is Cc1nn(-c2ccccc2)c2sc(C(=O)N3CCC(N)CC3)cc12. The summed E-state index contributed by atoms with van der Waals surface area (Å²) >= 11 is 1.52. The van der Waals surface area contributed by atoms with Crippen LogP contribution in [-0.4, -0.2) is 39.7 Å². The number of piperidine rings is 1. The van der Waals surface area contributed by atoms with Crippen molar-refractivity contribution in [3.8, 4) is 5.69 Å². The molecule has 1 fully saturated rings. The second-order valence-electron chi connectivity index (χ2n) is 6.29. The number of para-hydroxylation sites is 1. The number of likely N-dealkylation sites (tertiary alicyclic amines) is 1. The molecule has 5 nitrogen and oxygen atoms in total. The van der Waals surface area contributed by atoms with Gasteiger partial charge in [0.15, 0.2) is 0 Å². The molecule has 0 bridgehead atoms. The van der Waals surface area contributed by atoms with Gasteiger partial charge in [-0.15, -0.1) is 11.3 Å². The highest BCUT2D eigenvalue weighted by Crippen LogP contribution is 2.31. The Bertz CT molecular complexity index is 875. The average molecular weight is 340 g/mol. The van der Waals surface area contributed by atoms with Crippen molar-refractivity contribution in [3.05, 3.63) is 47.0 Å². The van der Waals surface area contributed by atoms with Crippen LogP contribution in [0, 0.1) is 6.92 Å². The second kappa shape index (κ2) is 6.03. The van der Waals surface area contributed by atoms with Gasteiger partial charge in [-0.25, -0.2) is 4.68 Å². The quantitative estimate of drug-likeness (QED) is 0.780. The van der Waals surface area contributed by atoms with Crippen LogP contribution in [0.5, 0.6) is 0 Å². The van der Waals surface area contributed by atoms with E-state index < -0.39 is 0 Å². The Morgan fingerprint density at radius 3 is 2.67 bits per heavy atom. The highest BCUT2D eigenvalue weighted by atomic mass is 32.1. The summed E-state index contributed by atoms with van der Waals surface area (Å²) in [6.45, 7) is 3.48. The topological polar surface area (TPSA) is 64.2 Å². The predicted molar refractivity (Wildman–Crippen MR) is 96.8 cm³/mol. The molecule has 1 aliphatic heterocycles. The van der Waals surface area contributed by atoms with Crippen molar-refractivity contribution in [2.24, 2.45) is 5.73 Å². The Labute approximate surface area is 144 Å². The molecule has 0 aliphatic carbocycles. The number of fused-ring (bicyclic) bond motifs is 1. The van der Waals surface area contributed by atoms with Crippen molar-refractivity contribution in [2.75, 3.05) is 13.1 Å². The van der Waals surface area contributed by atoms with E-state index in [1.807, 2.05) is 52.9 Å². The summed E-state index contributed by atoms with van der Waals surface area (Å²) in [5.74, 6) is 0.113. The minimum absolute atomic E-state index is 0.113. The van der Waals surface area contributed by atoms with Gasteiger partial charge in [-0.2, -0.15) is 5.10 Å². The van der Waals surface area contributed by atoms with Crippen molar-refractivity contribution in [3.63, 3.8) is 0 Å². The molecule has 1 aliphatic rings. The van der Waals surface area contributed by atoms with Gasteiger partial charge in [0.05, 0.1) is 16.3 Å². The summed E-state index contributed by atoms with van der Waals surface area (Å²) in [5.41, 5.74) is 7.90. The Balaban J connectivity index is 1.70. The molecule has 4 rings (SSSR count). The van der Waals surface area contributed by atoms with Crippen LogP contribution in [-0.2, 0) is 0 Å². The normalized spacial score (nSPS) is 16.0. The van der Waals surface area contributed by atoms with E-state index in [9.17, 15) is 4.79 Å². The van der Waals surface area contributed by atoms with Crippen LogP contribution in [0.25, 0.3) is 15.9 Å². The Morgan fingerprint density at radius 2 is 1.96 bits per heavy atom. The fourth-order valence-corrected chi connectivity index (χ4v) is 4.31. The molecule has 2 N–H and O–H groups in total. The molecule has 6 heteroatoms. The fourth-order valence-electron chi connectivity index (χ4n) is 3.16. The molecular weight excluding hydrogens is 320 g/mol. The number of thiophene rings is 1. The molecule has 3 heterocycles. The zero-order valence-electron chi connectivity index (χ0n) is 13.6. The van der Waals surface area contributed by atoms with Gasteiger partial charge in [-0.1, -0.05) is 18.2 Å². The van der Waals surface area contributed by atoms with E-state index in [1.54, 1.807) is 0 Å². The van der Waals surface area contributed by atoms with E-state index in [4.69, 9.17) is 5.73 Å². The standard InChI is InChI=1S/C18H20N4OS/c1-12-15-11-16(17(23)21-9-7-13(19)8-10-21)24-18(15)22(20-12)14-5-3-2-4-6-14/h2-6,11,13H,7-10,19H2,1H3. The first kappa shape index (κ1) is 15.4. The zero-order chi connectivity index (χ0) is 16.7. The molecule has 1 saturated heterocycles. The Kier molecular flexibility index (Phi) is 3.86. The smallest absolute Gasteiger partial charge is 0.264 e. The number of benzene rings is 1. The lowest BCUT2D eigenvalue weighted by Gasteiger charge is -2.29. The first-order valence-corrected chi connectivity index (χ1v) is 9.04. The highest BCUT2D eigenvalue weighted by Gasteiger charge is 2.24. The minimum atomic E-state index is 0.113. The number of nitrogens with zero attached hydrogens (tertiary/aromatic N) is 3. The lowest BCUT2D eigenvalue weighted by molar-refractivity contribution is 0.0720. The van der Waals surface area contributed by atoms with E-state index in [1.165, 1.54) is 11.3 Å². The van der Waals surface area contributed by atoms with E-state index in [0.717, 1.165) is 52.4 Å². The third kappa shape index (κ3) is 2.61. The second-order valence-corrected chi connectivity index (χ2v) is 7.32. The number of nitrogens with two attached hydrogens (primary N) is 1. The molecule has 0 saturated carbocycles. The van der Waals surface area contributed by atoms with E-state index >= 15 is 0 Å². The fraction of sp³-hybridized carbons (Fsp3) is 0.333. The van der Waals surface area contributed by atoms with Crippen LogP contribution < -0.4 is 5.73 Å². The molecule has 0 atom stereocenters. The summed E-state index contributed by atoms with van der Waals surface area (Å²) in [4.78, 5) is 16.5. The van der Waals surface area contributed by atoms with Crippen molar-refractivity contribution >= 4 is 27.5 Å². The number of hydrogen-bond acceptors (Lipinski definition) is 4. The van der Waals surface area contributed by atoms with Crippen LogP contribution in [0.3, 0.4) is 0 Å². The molecule has 1 aromatic carbocycles. The van der Waals surface area contributed by atoms with E-state index in [0.29, 0.717) is 0 Å². The van der Waals surface area contributed by atoms with Crippen LogP contribution in [0.4, 0.5) is 0 Å². The molecule has 0 radical (unpaired) electrons. The van der Waals surface area contributed by atoms with Gasteiger partial charge in [0, 0.05) is 24.5 Å². The Morgan fingerprint density at radius 1 is 1.25 bits per heavy atom. The largest absolute Gasteiger partial charge is 0.338 e. The molecule has 0 spiro atoms. The summed E-state index contributed by atoms with van der Waals surface area (Å²) in [5, 5.41) is 5.68.